The number of hydrogen-bond acceptors (Lipinski definition) is 7. The fourth-order valence-corrected chi connectivity index (χ4v) is 6.25. The Bertz CT molecular complexity index is 1300. The van der Waals surface area contributed by atoms with Crippen molar-refractivity contribution in [3.8, 4) is 0 Å². The lowest BCUT2D eigenvalue weighted by Gasteiger charge is -2.35. The summed E-state index contributed by atoms with van der Waals surface area (Å²) in [5.74, 6) is -0.509. The first kappa shape index (κ1) is 24.5. The maximum atomic E-state index is 13.3. The number of amides is 1. The maximum absolute atomic E-state index is 13.3. The largest absolute Gasteiger partial charge is 0.467 e. The lowest BCUT2D eigenvalue weighted by Crippen LogP contribution is -2.49. The number of esters is 1. The number of methoxy groups -OCH3 is 1. The molecular formula is C25H29N3O4S2. The van der Waals surface area contributed by atoms with Gasteiger partial charge in [0, 0.05) is 24.4 Å². The first-order chi connectivity index (χ1) is 16.3. The number of aryl methyl sites for hydroxylation is 2. The zero-order valence-electron chi connectivity index (χ0n) is 19.9. The second kappa shape index (κ2) is 10.3. The standard InChI is InChI=1S/C25H29N3O4S2/c1-5-6-11-27-23(30)21-15(2)16(3)34-22(21)26-25(27)33-14-20(29)28-13-18-10-8-7-9-17(18)12-19(28)24(31)32-4/h7-10,19H,5-6,11-14H2,1-4H3. The van der Waals surface area contributed by atoms with Crippen LogP contribution in [-0.4, -0.2) is 45.2 Å². The number of aromatic nitrogens is 2. The molecule has 1 aromatic carbocycles. The SMILES string of the molecule is CCCCn1c(SCC(=O)N2Cc3ccccc3CC2C(=O)OC)nc2sc(C)c(C)c2c1=O. The van der Waals surface area contributed by atoms with E-state index >= 15 is 0 Å². The Morgan fingerprint density at radius 1 is 1.24 bits per heavy atom. The second-order valence-corrected chi connectivity index (χ2v) is 10.6. The molecule has 0 radical (unpaired) electrons. The summed E-state index contributed by atoms with van der Waals surface area (Å²) in [6.45, 7) is 6.95. The van der Waals surface area contributed by atoms with Crippen molar-refractivity contribution >= 4 is 45.2 Å². The molecule has 0 saturated carbocycles. The van der Waals surface area contributed by atoms with E-state index in [9.17, 15) is 14.4 Å². The van der Waals surface area contributed by atoms with Gasteiger partial charge in [-0.3, -0.25) is 14.2 Å². The van der Waals surface area contributed by atoms with Crippen LogP contribution in [0.5, 0.6) is 0 Å². The van der Waals surface area contributed by atoms with Crippen LogP contribution >= 0.6 is 23.1 Å². The molecule has 180 valence electrons. The molecule has 1 unspecified atom stereocenters. The molecule has 3 aromatic rings. The molecular weight excluding hydrogens is 470 g/mol. The number of thiophene rings is 1. The van der Waals surface area contributed by atoms with E-state index in [1.54, 1.807) is 9.47 Å². The van der Waals surface area contributed by atoms with Crippen molar-refractivity contribution in [2.24, 2.45) is 0 Å². The Labute approximate surface area is 207 Å². The van der Waals surface area contributed by atoms with Gasteiger partial charge in [0.25, 0.3) is 5.56 Å². The van der Waals surface area contributed by atoms with Gasteiger partial charge in [0.15, 0.2) is 5.16 Å². The van der Waals surface area contributed by atoms with E-state index in [2.05, 4.69) is 6.92 Å². The van der Waals surface area contributed by atoms with Gasteiger partial charge >= 0.3 is 5.97 Å². The molecule has 9 heteroatoms. The molecule has 0 aliphatic carbocycles. The highest BCUT2D eigenvalue weighted by atomic mass is 32.2. The van der Waals surface area contributed by atoms with E-state index in [1.807, 2.05) is 38.1 Å². The molecule has 1 atom stereocenters. The molecule has 2 aromatic heterocycles. The molecule has 0 fully saturated rings. The minimum absolute atomic E-state index is 0.0467. The number of carbonyl (C=O) groups is 2. The molecule has 7 nitrogen and oxygen atoms in total. The molecule has 34 heavy (non-hydrogen) atoms. The van der Waals surface area contributed by atoms with Crippen LogP contribution in [0.15, 0.2) is 34.2 Å². The average molecular weight is 500 g/mol. The minimum atomic E-state index is -0.659. The first-order valence-corrected chi connectivity index (χ1v) is 13.2. The lowest BCUT2D eigenvalue weighted by atomic mass is 9.94. The van der Waals surface area contributed by atoms with Gasteiger partial charge in [-0.15, -0.1) is 11.3 Å². The molecule has 3 heterocycles. The summed E-state index contributed by atoms with van der Waals surface area (Å²) in [6.07, 6.45) is 2.23. The van der Waals surface area contributed by atoms with Gasteiger partial charge in [-0.05, 0) is 37.0 Å². The molecule has 1 aliphatic heterocycles. The summed E-state index contributed by atoms with van der Waals surface area (Å²) < 4.78 is 6.69. The van der Waals surface area contributed by atoms with Crippen LogP contribution in [0.3, 0.4) is 0 Å². The smallest absolute Gasteiger partial charge is 0.328 e. The van der Waals surface area contributed by atoms with E-state index < -0.39 is 12.0 Å². The third-order valence-corrected chi connectivity index (χ3v) is 8.42. The van der Waals surface area contributed by atoms with Crippen molar-refractivity contribution in [3.05, 3.63) is 56.2 Å². The predicted octanol–water partition coefficient (Wildman–Crippen LogP) is 4.09. The Morgan fingerprint density at radius 3 is 2.68 bits per heavy atom. The number of thioether (sulfide) groups is 1. The average Bonchev–Trinajstić information content (AvgIpc) is 3.13. The Balaban J connectivity index is 1.62. The van der Waals surface area contributed by atoms with Crippen LogP contribution in [0.2, 0.25) is 0 Å². The Morgan fingerprint density at radius 2 is 1.97 bits per heavy atom. The molecule has 4 rings (SSSR count). The van der Waals surface area contributed by atoms with Gasteiger partial charge in [-0.2, -0.15) is 0 Å². The van der Waals surface area contributed by atoms with Gasteiger partial charge in [0.1, 0.15) is 10.9 Å². The van der Waals surface area contributed by atoms with Crippen molar-refractivity contribution in [2.75, 3.05) is 12.9 Å². The van der Waals surface area contributed by atoms with Crippen molar-refractivity contribution in [1.29, 1.82) is 0 Å². The number of benzene rings is 1. The summed E-state index contributed by atoms with van der Waals surface area (Å²) >= 11 is 2.77. The number of rotatable bonds is 7. The summed E-state index contributed by atoms with van der Waals surface area (Å²) in [4.78, 5) is 47.3. The van der Waals surface area contributed by atoms with Crippen LogP contribution in [0.25, 0.3) is 10.2 Å². The van der Waals surface area contributed by atoms with Crippen LogP contribution < -0.4 is 5.56 Å². The maximum Gasteiger partial charge on any atom is 0.328 e. The summed E-state index contributed by atoms with van der Waals surface area (Å²) in [5.41, 5.74) is 3.02. The zero-order valence-corrected chi connectivity index (χ0v) is 21.6. The quantitative estimate of drug-likeness (QED) is 0.277. The summed E-state index contributed by atoms with van der Waals surface area (Å²) in [7, 11) is 1.34. The van der Waals surface area contributed by atoms with E-state index in [4.69, 9.17) is 9.72 Å². The van der Waals surface area contributed by atoms with Gasteiger partial charge in [-0.25, -0.2) is 9.78 Å². The molecule has 0 N–H and O–H groups in total. The fourth-order valence-electron chi connectivity index (χ4n) is 4.27. The lowest BCUT2D eigenvalue weighted by molar-refractivity contribution is -0.153. The third-order valence-electron chi connectivity index (χ3n) is 6.36. The number of ether oxygens (including phenoxy) is 1. The number of unbranched alkanes of at least 4 members (excludes halogenated alkanes) is 1. The van der Waals surface area contributed by atoms with Crippen LogP contribution in [-0.2, 0) is 33.8 Å². The van der Waals surface area contributed by atoms with Crippen molar-refractivity contribution in [1.82, 2.24) is 14.5 Å². The topological polar surface area (TPSA) is 81.5 Å². The van der Waals surface area contributed by atoms with E-state index in [-0.39, 0.29) is 17.2 Å². The highest BCUT2D eigenvalue weighted by Crippen LogP contribution is 2.30. The number of fused-ring (bicyclic) bond motifs is 2. The van der Waals surface area contributed by atoms with E-state index in [0.717, 1.165) is 34.4 Å². The van der Waals surface area contributed by atoms with Gasteiger partial charge in [0.2, 0.25) is 5.91 Å². The zero-order chi connectivity index (χ0) is 24.4. The number of carbonyl (C=O) groups excluding carboxylic acids is 2. The van der Waals surface area contributed by atoms with Crippen LogP contribution in [0.1, 0.15) is 41.3 Å². The molecule has 0 spiro atoms. The Hall–Kier alpha value is -2.65. The van der Waals surface area contributed by atoms with Crippen LogP contribution in [0.4, 0.5) is 0 Å². The highest BCUT2D eigenvalue weighted by Gasteiger charge is 2.35. The van der Waals surface area contributed by atoms with Crippen molar-refractivity contribution in [2.45, 2.75) is 64.3 Å². The monoisotopic (exact) mass is 499 g/mol. The fraction of sp³-hybridized carbons (Fsp3) is 0.440. The third kappa shape index (κ3) is 4.63. The van der Waals surface area contributed by atoms with E-state index in [1.165, 1.54) is 30.2 Å². The molecule has 1 amide bonds. The van der Waals surface area contributed by atoms with E-state index in [0.29, 0.717) is 34.9 Å². The molecule has 0 saturated heterocycles. The van der Waals surface area contributed by atoms with Gasteiger partial charge < -0.3 is 9.64 Å². The minimum Gasteiger partial charge on any atom is -0.467 e. The summed E-state index contributed by atoms with van der Waals surface area (Å²) in [6, 6.07) is 7.18. The van der Waals surface area contributed by atoms with Crippen LogP contribution in [0, 0.1) is 13.8 Å². The van der Waals surface area contributed by atoms with Gasteiger partial charge in [0.05, 0.1) is 18.2 Å². The van der Waals surface area contributed by atoms with Gasteiger partial charge in [-0.1, -0.05) is 49.4 Å². The number of hydrogen-bond donors (Lipinski definition) is 0. The normalized spacial score (nSPS) is 15.4. The summed E-state index contributed by atoms with van der Waals surface area (Å²) in [5, 5.41) is 1.22. The number of nitrogens with zero attached hydrogens (tertiary/aromatic N) is 3. The second-order valence-electron chi connectivity index (χ2n) is 8.49. The molecule has 1 aliphatic rings. The highest BCUT2D eigenvalue weighted by molar-refractivity contribution is 7.99. The molecule has 0 bridgehead atoms. The first-order valence-electron chi connectivity index (χ1n) is 11.4. The Kier molecular flexibility index (Phi) is 7.42. The van der Waals surface area contributed by atoms with Crippen molar-refractivity contribution < 1.29 is 14.3 Å². The van der Waals surface area contributed by atoms with Crippen molar-refractivity contribution in [3.63, 3.8) is 0 Å². The predicted molar refractivity (Wildman–Crippen MR) is 135 cm³/mol.